The van der Waals surface area contributed by atoms with Gasteiger partial charge in [-0.05, 0) is 49.5 Å². The average Bonchev–Trinajstić information content (AvgIpc) is 2.84. The summed E-state index contributed by atoms with van der Waals surface area (Å²) in [6.45, 7) is 5.74. The summed E-state index contributed by atoms with van der Waals surface area (Å²) >= 11 is 0. The molecule has 1 aliphatic carbocycles. The van der Waals surface area contributed by atoms with E-state index in [4.69, 9.17) is 0 Å². The Hall–Kier alpha value is -2.19. The van der Waals surface area contributed by atoms with E-state index in [-0.39, 0.29) is 28.7 Å². The molecule has 1 saturated heterocycles. The Morgan fingerprint density at radius 1 is 1.00 bits per heavy atom. The molecule has 1 saturated carbocycles. The number of carbonyl (C=O) groups is 2. The van der Waals surface area contributed by atoms with E-state index in [1.165, 1.54) is 16.8 Å². The zero-order valence-corrected chi connectivity index (χ0v) is 20.6. The van der Waals surface area contributed by atoms with Crippen molar-refractivity contribution in [2.24, 2.45) is 5.92 Å². The average molecular weight is 476 g/mol. The number of rotatable bonds is 8. The van der Waals surface area contributed by atoms with Crippen molar-refractivity contribution in [3.8, 4) is 0 Å². The molecule has 1 N–H and O–H groups in total. The molecule has 8 heteroatoms. The van der Waals surface area contributed by atoms with E-state index in [1.807, 2.05) is 13.8 Å². The molecule has 7 nitrogen and oxygen atoms in total. The van der Waals surface area contributed by atoms with Crippen molar-refractivity contribution in [1.82, 2.24) is 14.5 Å². The number of benzene rings is 1. The predicted octanol–water partition coefficient (Wildman–Crippen LogP) is 3.42. The van der Waals surface area contributed by atoms with Crippen molar-refractivity contribution in [2.75, 3.05) is 26.2 Å². The van der Waals surface area contributed by atoms with Crippen LogP contribution < -0.4 is 5.32 Å². The summed E-state index contributed by atoms with van der Waals surface area (Å²) in [5.74, 6) is 0.285. The Labute approximate surface area is 198 Å². The van der Waals surface area contributed by atoms with Crippen molar-refractivity contribution in [3.05, 3.63) is 35.9 Å². The van der Waals surface area contributed by atoms with Crippen molar-refractivity contribution in [3.63, 3.8) is 0 Å². The van der Waals surface area contributed by atoms with Crippen LogP contribution in [0.1, 0.15) is 64.4 Å². The first-order valence-corrected chi connectivity index (χ1v) is 13.7. The minimum Gasteiger partial charge on any atom is -0.353 e. The molecular weight excluding hydrogens is 438 g/mol. The van der Waals surface area contributed by atoms with Crippen molar-refractivity contribution < 1.29 is 18.0 Å². The fourth-order valence-electron chi connectivity index (χ4n) is 4.66. The molecule has 1 aromatic rings. The number of likely N-dealkylation sites (tertiary alicyclic amines) is 1. The highest BCUT2D eigenvalue weighted by atomic mass is 32.2. The van der Waals surface area contributed by atoms with Gasteiger partial charge in [0.1, 0.15) is 0 Å². The van der Waals surface area contributed by atoms with E-state index >= 15 is 0 Å². The smallest absolute Gasteiger partial charge is 0.246 e. The largest absolute Gasteiger partial charge is 0.353 e. The third kappa shape index (κ3) is 6.67. The standard InChI is InChI=1S/C25H37N3O4S/c1-3-28(4-2)33(31,32)23-13-10-20(11-14-23)12-15-24(29)27-18-16-22(17-19-27)26-25(30)21-8-6-5-7-9-21/h10-15,21-22H,3-9,16-19H2,1-2H3,(H,26,30)/b15-12+. The highest BCUT2D eigenvalue weighted by Crippen LogP contribution is 2.24. The first-order valence-electron chi connectivity index (χ1n) is 12.2. The van der Waals surface area contributed by atoms with E-state index < -0.39 is 10.0 Å². The highest BCUT2D eigenvalue weighted by molar-refractivity contribution is 7.89. The van der Waals surface area contributed by atoms with Gasteiger partial charge in [0.2, 0.25) is 21.8 Å². The van der Waals surface area contributed by atoms with Crippen molar-refractivity contribution in [2.45, 2.75) is 69.7 Å². The normalized spacial score (nSPS) is 18.7. The molecule has 2 aliphatic rings. The molecule has 0 bridgehead atoms. The van der Waals surface area contributed by atoms with E-state index in [9.17, 15) is 18.0 Å². The number of hydrogen-bond acceptors (Lipinski definition) is 4. The van der Waals surface area contributed by atoms with Gasteiger partial charge >= 0.3 is 0 Å². The number of sulfonamides is 1. The number of hydrogen-bond donors (Lipinski definition) is 1. The summed E-state index contributed by atoms with van der Waals surface area (Å²) in [6.07, 6.45) is 10.3. The zero-order valence-electron chi connectivity index (χ0n) is 19.8. The van der Waals surface area contributed by atoms with Crippen LogP contribution >= 0.6 is 0 Å². The zero-order chi connectivity index (χ0) is 23.8. The Kier molecular flexibility index (Phi) is 9.09. The number of nitrogens with zero attached hydrogens (tertiary/aromatic N) is 2. The monoisotopic (exact) mass is 475 g/mol. The summed E-state index contributed by atoms with van der Waals surface area (Å²) in [5, 5.41) is 3.19. The second-order valence-corrected chi connectivity index (χ2v) is 10.9. The second kappa shape index (κ2) is 11.8. The molecule has 3 rings (SSSR count). The lowest BCUT2D eigenvalue weighted by Gasteiger charge is -2.33. The molecule has 0 unspecified atom stereocenters. The molecule has 0 aromatic heterocycles. The minimum atomic E-state index is -3.48. The summed E-state index contributed by atoms with van der Waals surface area (Å²) in [7, 11) is -3.48. The van der Waals surface area contributed by atoms with Crippen LogP contribution in [0, 0.1) is 5.92 Å². The van der Waals surface area contributed by atoms with Gasteiger partial charge in [-0.1, -0.05) is 45.2 Å². The van der Waals surface area contributed by atoms with Crippen LogP contribution in [0.4, 0.5) is 0 Å². The summed E-state index contributed by atoms with van der Waals surface area (Å²) in [4.78, 5) is 27.1. The van der Waals surface area contributed by atoms with E-state index in [1.54, 1.807) is 35.2 Å². The molecule has 1 aromatic carbocycles. The summed E-state index contributed by atoms with van der Waals surface area (Å²) < 4.78 is 26.6. The molecule has 1 heterocycles. The van der Waals surface area contributed by atoms with Crippen LogP contribution in [0.2, 0.25) is 0 Å². The van der Waals surface area contributed by atoms with Gasteiger partial charge in [-0.15, -0.1) is 0 Å². The van der Waals surface area contributed by atoms with E-state index in [0.717, 1.165) is 44.1 Å². The number of carbonyl (C=O) groups excluding carboxylic acids is 2. The molecule has 2 fully saturated rings. The van der Waals surface area contributed by atoms with E-state index in [0.29, 0.717) is 26.2 Å². The molecule has 1 aliphatic heterocycles. The first-order chi connectivity index (χ1) is 15.8. The van der Waals surface area contributed by atoms with Gasteiger partial charge in [-0.2, -0.15) is 4.31 Å². The molecule has 0 spiro atoms. The first kappa shape index (κ1) is 25.4. The van der Waals surface area contributed by atoms with Crippen LogP contribution in [-0.2, 0) is 19.6 Å². The topological polar surface area (TPSA) is 86.8 Å². The Morgan fingerprint density at radius 2 is 1.61 bits per heavy atom. The van der Waals surface area contributed by atoms with Crippen LogP contribution in [-0.4, -0.2) is 61.7 Å². The molecule has 2 amide bonds. The number of nitrogens with one attached hydrogen (secondary N) is 1. The lowest BCUT2D eigenvalue weighted by Crippen LogP contribution is -2.47. The maximum atomic E-state index is 12.6. The van der Waals surface area contributed by atoms with Gasteiger partial charge in [0, 0.05) is 44.2 Å². The Morgan fingerprint density at radius 3 is 2.18 bits per heavy atom. The summed E-state index contributed by atoms with van der Waals surface area (Å²) in [6, 6.07) is 6.74. The number of amides is 2. The molecule has 0 radical (unpaired) electrons. The fourth-order valence-corrected chi connectivity index (χ4v) is 6.12. The van der Waals surface area contributed by atoms with Crippen LogP contribution in [0.5, 0.6) is 0 Å². The van der Waals surface area contributed by atoms with Crippen LogP contribution in [0.25, 0.3) is 6.08 Å². The van der Waals surface area contributed by atoms with E-state index in [2.05, 4.69) is 5.32 Å². The Balaban J connectivity index is 1.48. The predicted molar refractivity (Wildman–Crippen MR) is 130 cm³/mol. The molecule has 182 valence electrons. The van der Waals surface area contributed by atoms with Gasteiger partial charge in [-0.3, -0.25) is 9.59 Å². The van der Waals surface area contributed by atoms with Crippen LogP contribution in [0.15, 0.2) is 35.2 Å². The van der Waals surface area contributed by atoms with Gasteiger partial charge in [0.05, 0.1) is 4.90 Å². The third-order valence-corrected chi connectivity index (χ3v) is 8.83. The SMILES string of the molecule is CCN(CC)S(=O)(=O)c1ccc(/C=C/C(=O)N2CCC(NC(=O)C3CCCCC3)CC2)cc1. The van der Waals surface area contributed by atoms with Crippen molar-refractivity contribution in [1.29, 1.82) is 0 Å². The molecule has 33 heavy (non-hydrogen) atoms. The minimum absolute atomic E-state index is 0.0631. The van der Waals surface area contributed by atoms with Gasteiger partial charge in [0.15, 0.2) is 0 Å². The van der Waals surface area contributed by atoms with Gasteiger partial charge in [0.25, 0.3) is 0 Å². The number of piperidine rings is 1. The van der Waals surface area contributed by atoms with Gasteiger partial charge in [-0.25, -0.2) is 8.42 Å². The maximum Gasteiger partial charge on any atom is 0.246 e. The maximum absolute atomic E-state index is 12.6. The van der Waals surface area contributed by atoms with Crippen molar-refractivity contribution >= 4 is 27.9 Å². The molecular formula is C25H37N3O4S. The third-order valence-electron chi connectivity index (χ3n) is 6.77. The fraction of sp³-hybridized carbons (Fsp3) is 0.600. The Bertz CT molecular complexity index is 925. The quantitative estimate of drug-likeness (QED) is 0.584. The summed E-state index contributed by atoms with van der Waals surface area (Å²) in [5.41, 5.74) is 0.775. The van der Waals surface area contributed by atoms with Gasteiger partial charge < -0.3 is 10.2 Å². The lowest BCUT2D eigenvalue weighted by atomic mass is 9.88. The lowest BCUT2D eigenvalue weighted by molar-refractivity contribution is -0.128. The highest BCUT2D eigenvalue weighted by Gasteiger charge is 2.27. The molecule has 0 atom stereocenters. The second-order valence-electron chi connectivity index (χ2n) is 8.93. The van der Waals surface area contributed by atoms with Crippen LogP contribution in [0.3, 0.4) is 0 Å².